The predicted molar refractivity (Wildman–Crippen MR) is 107 cm³/mol. The molecule has 1 N–H and O–H groups in total. The molecule has 138 valence electrons. The third kappa shape index (κ3) is 3.65. The van der Waals surface area contributed by atoms with Crippen molar-refractivity contribution in [1.29, 1.82) is 0 Å². The summed E-state index contributed by atoms with van der Waals surface area (Å²) in [7, 11) is 1.65. The van der Waals surface area contributed by atoms with Crippen molar-refractivity contribution in [3.63, 3.8) is 0 Å². The number of rotatable bonds is 4. The highest BCUT2D eigenvalue weighted by Gasteiger charge is 2.21. The smallest absolute Gasteiger partial charge is 0.252 e. The molecule has 0 radical (unpaired) electrons. The molecule has 0 aliphatic heterocycles. The Balaban J connectivity index is 1.66. The van der Waals surface area contributed by atoms with Crippen molar-refractivity contribution < 1.29 is 9.53 Å². The van der Waals surface area contributed by atoms with Gasteiger partial charge in [-0.05, 0) is 55.0 Å². The van der Waals surface area contributed by atoms with Crippen LogP contribution in [-0.4, -0.2) is 18.0 Å². The molecule has 0 saturated heterocycles. The number of aromatic nitrogens is 1. The fourth-order valence-electron chi connectivity index (χ4n) is 3.82. The minimum Gasteiger partial charge on any atom is -0.497 e. The number of amides is 1. The summed E-state index contributed by atoms with van der Waals surface area (Å²) in [5.41, 5.74) is 5.01. The Hall–Kier alpha value is -2.88. The lowest BCUT2D eigenvalue weighted by Crippen LogP contribution is -2.25. The zero-order valence-electron chi connectivity index (χ0n) is 15.6. The summed E-state index contributed by atoms with van der Waals surface area (Å²) in [5, 5.41) is 4.06. The molecule has 2 aromatic carbocycles. The van der Waals surface area contributed by atoms with Crippen LogP contribution in [0.25, 0.3) is 10.9 Å². The van der Waals surface area contributed by atoms with Gasteiger partial charge in [-0.1, -0.05) is 36.8 Å². The first-order valence-electron chi connectivity index (χ1n) is 9.58. The van der Waals surface area contributed by atoms with Crippen LogP contribution in [0.5, 0.6) is 5.75 Å². The number of aryl methyl sites for hydroxylation is 1. The molecule has 4 heteroatoms. The van der Waals surface area contributed by atoms with Crippen molar-refractivity contribution >= 4 is 16.8 Å². The Bertz CT molecular complexity index is 964. The number of fused-ring (bicyclic) bond motifs is 2. The number of para-hydroxylation sites is 1. The van der Waals surface area contributed by atoms with Crippen molar-refractivity contribution in [3.8, 4) is 5.75 Å². The van der Waals surface area contributed by atoms with Crippen LogP contribution in [0.1, 0.15) is 46.4 Å². The van der Waals surface area contributed by atoms with E-state index in [1.807, 2.05) is 48.5 Å². The number of benzene rings is 2. The molecule has 0 fully saturated rings. The molecule has 4 nitrogen and oxygen atoms in total. The summed E-state index contributed by atoms with van der Waals surface area (Å²) in [6.45, 7) is 0.494. The highest BCUT2D eigenvalue weighted by molar-refractivity contribution is 6.07. The van der Waals surface area contributed by atoms with E-state index in [4.69, 9.17) is 9.72 Å². The van der Waals surface area contributed by atoms with Crippen LogP contribution in [0.15, 0.2) is 48.5 Å². The van der Waals surface area contributed by atoms with E-state index >= 15 is 0 Å². The van der Waals surface area contributed by atoms with E-state index in [-0.39, 0.29) is 5.91 Å². The fourth-order valence-corrected chi connectivity index (χ4v) is 3.82. The van der Waals surface area contributed by atoms with Crippen LogP contribution < -0.4 is 10.1 Å². The molecule has 0 unspecified atom stereocenters. The van der Waals surface area contributed by atoms with Gasteiger partial charge in [-0.2, -0.15) is 0 Å². The molecular weight excluding hydrogens is 336 g/mol. The van der Waals surface area contributed by atoms with Gasteiger partial charge in [0.25, 0.3) is 5.91 Å². The number of nitrogens with one attached hydrogen (secondary N) is 1. The topological polar surface area (TPSA) is 51.2 Å². The molecule has 0 spiro atoms. The second-order valence-electron chi connectivity index (χ2n) is 7.02. The normalized spacial score (nSPS) is 13.7. The number of nitrogens with zero attached hydrogens (tertiary/aromatic N) is 1. The summed E-state index contributed by atoms with van der Waals surface area (Å²) in [6.07, 6.45) is 5.34. The molecule has 0 bridgehead atoms. The van der Waals surface area contributed by atoms with Crippen LogP contribution in [-0.2, 0) is 19.4 Å². The highest BCUT2D eigenvalue weighted by atomic mass is 16.5. The maximum Gasteiger partial charge on any atom is 0.252 e. The molecule has 1 aliphatic carbocycles. The Kier molecular flexibility index (Phi) is 5.05. The molecular formula is C23H24N2O2. The lowest BCUT2D eigenvalue weighted by atomic mass is 9.96. The first-order chi connectivity index (χ1) is 13.3. The maximum absolute atomic E-state index is 13.2. The highest BCUT2D eigenvalue weighted by Crippen LogP contribution is 2.28. The first-order valence-corrected chi connectivity index (χ1v) is 9.58. The number of hydrogen-bond donors (Lipinski definition) is 1. The van der Waals surface area contributed by atoms with Gasteiger partial charge in [-0.3, -0.25) is 9.78 Å². The van der Waals surface area contributed by atoms with Gasteiger partial charge in [-0.15, -0.1) is 0 Å². The summed E-state index contributed by atoms with van der Waals surface area (Å²) >= 11 is 0. The average molecular weight is 360 g/mol. The fraction of sp³-hybridized carbons (Fsp3) is 0.304. The molecule has 0 atom stereocenters. The van der Waals surface area contributed by atoms with Crippen LogP contribution >= 0.6 is 0 Å². The van der Waals surface area contributed by atoms with Crippen molar-refractivity contribution in [2.45, 2.75) is 38.6 Å². The summed E-state index contributed by atoms with van der Waals surface area (Å²) in [4.78, 5) is 18.0. The largest absolute Gasteiger partial charge is 0.497 e. The van der Waals surface area contributed by atoms with Crippen molar-refractivity contribution in [1.82, 2.24) is 10.3 Å². The standard InChI is InChI=1S/C23H24N2O2/c1-27-17-13-11-16(12-14-17)15-24-23(26)22-18-7-3-2-4-9-20(18)25-21-10-6-5-8-19(21)22/h5-6,8,10-14H,2-4,7,9,15H2,1H3,(H,24,26). The van der Waals surface area contributed by atoms with Gasteiger partial charge in [0.15, 0.2) is 0 Å². The lowest BCUT2D eigenvalue weighted by Gasteiger charge is -2.15. The van der Waals surface area contributed by atoms with Crippen molar-refractivity contribution in [2.24, 2.45) is 0 Å². The number of carbonyl (C=O) groups excluding carboxylic acids is 1. The molecule has 0 saturated carbocycles. The van der Waals surface area contributed by atoms with E-state index in [0.717, 1.165) is 64.7 Å². The second-order valence-corrected chi connectivity index (χ2v) is 7.02. The van der Waals surface area contributed by atoms with E-state index in [9.17, 15) is 4.79 Å². The number of carbonyl (C=O) groups is 1. The Morgan fingerprint density at radius 3 is 2.63 bits per heavy atom. The number of hydrogen-bond acceptors (Lipinski definition) is 3. The molecule has 1 aromatic heterocycles. The van der Waals surface area contributed by atoms with E-state index in [1.54, 1.807) is 7.11 Å². The lowest BCUT2D eigenvalue weighted by molar-refractivity contribution is 0.0951. The van der Waals surface area contributed by atoms with E-state index in [0.29, 0.717) is 6.54 Å². The Labute approximate surface area is 159 Å². The second kappa shape index (κ2) is 7.78. The number of pyridine rings is 1. The van der Waals surface area contributed by atoms with Crippen LogP contribution in [0.2, 0.25) is 0 Å². The molecule has 1 aliphatic rings. The molecule has 3 aromatic rings. The van der Waals surface area contributed by atoms with Crippen LogP contribution in [0, 0.1) is 0 Å². The predicted octanol–water partition coefficient (Wildman–Crippen LogP) is 4.44. The zero-order valence-corrected chi connectivity index (χ0v) is 15.6. The molecule has 4 rings (SSSR count). The third-order valence-corrected chi connectivity index (χ3v) is 5.26. The molecule has 27 heavy (non-hydrogen) atoms. The number of ether oxygens (including phenoxy) is 1. The summed E-state index contributed by atoms with van der Waals surface area (Å²) < 4.78 is 5.19. The first kappa shape index (κ1) is 17.5. The van der Waals surface area contributed by atoms with Gasteiger partial charge in [0.05, 0.1) is 18.2 Å². The van der Waals surface area contributed by atoms with E-state index in [2.05, 4.69) is 5.32 Å². The van der Waals surface area contributed by atoms with Crippen LogP contribution in [0.4, 0.5) is 0 Å². The van der Waals surface area contributed by atoms with Gasteiger partial charge in [0.1, 0.15) is 5.75 Å². The quantitative estimate of drug-likeness (QED) is 0.700. The number of methoxy groups -OCH3 is 1. The van der Waals surface area contributed by atoms with Gasteiger partial charge in [-0.25, -0.2) is 0 Å². The van der Waals surface area contributed by atoms with E-state index in [1.165, 1.54) is 6.42 Å². The third-order valence-electron chi connectivity index (χ3n) is 5.26. The molecule has 1 amide bonds. The van der Waals surface area contributed by atoms with Gasteiger partial charge in [0, 0.05) is 17.6 Å². The SMILES string of the molecule is COc1ccc(CNC(=O)c2c3c(nc4ccccc24)CCCCC3)cc1. The Morgan fingerprint density at radius 2 is 1.81 bits per heavy atom. The van der Waals surface area contributed by atoms with Gasteiger partial charge >= 0.3 is 0 Å². The van der Waals surface area contributed by atoms with Crippen molar-refractivity contribution in [3.05, 3.63) is 70.9 Å². The summed E-state index contributed by atoms with van der Waals surface area (Å²) in [5.74, 6) is 0.804. The van der Waals surface area contributed by atoms with Gasteiger partial charge < -0.3 is 10.1 Å². The monoisotopic (exact) mass is 360 g/mol. The molecule has 1 heterocycles. The van der Waals surface area contributed by atoms with Crippen molar-refractivity contribution in [2.75, 3.05) is 7.11 Å². The zero-order chi connectivity index (χ0) is 18.6. The van der Waals surface area contributed by atoms with Gasteiger partial charge in [0.2, 0.25) is 0 Å². The van der Waals surface area contributed by atoms with E-state index < -0.39 is 0 Å². The van der Waals surface area contributed by atoms with Crippen LogP contribution in [0.3, 0.4) is 0 Å². The maximum atomic E-state index is 13.2. The Morgan fingerprint density at radius 1 is 1.04 bits per heavy atom. The minimum absolute atomic E-state index is 0.0115. The summed E-state index contributed by atoms with van der Waals surface area (Å²) in [6, 6.07) is 15.8. The minimum atomic E-state index is -0.0115. The average Bonchev–Trinajstić information content (AvgIpc) is 2.95.